The number of ether oxygens (including phenoxy) is 2. The van der Waals surface area contributed by atoms with Gasteiger partial charge in [0, 0.05) is 16.9 Å². The fourth-order valence-corrected chi connectivity index (χ4v) is 3.19. The van der Waals surface area contributed by atoms with Crippen LogP contribution in [0.4, 0.5) is 0 Å². The average molecular weight is 256 g/mol. The quantitative estimate of drug-likeness (QED) is 0.774. The summed E-state index contributed by atoms with van der Waals surface area (Å²) in [6.07, 6.45) is 4.04. The summed E-state index contributed by atoms with van der Waals surface area (Å²) in [5.74, 6) is 1.09. The predicted molar refractivity (Wildman–Crippen MR) is 71.7 cm³/mol. The second-order valence-corrected chi connectivity index (χ2v) is 5.28. The Labute approximate surface area is 111 Å². The molecule has 98 valence electrons. The first-order valence-corrected chi connectivity index (χ1v) is 6.82. The van der Waals surface area contributed by atoms with Gasteiger partial charge in [0.05, 0.1) is 12.9 Å². The number of fused-ring (bicyclic) bond motifs is 1. The van der Waals surface area contributed by atoms with Crippen molar-refractivity contribution in [3.63, 3.8) is 0 Å². The molecule has 0 saturated carbocycles. The van der Waals surface area contributed by atoms with Gasteiger partial charge in [-0.25, -0.2) is 0 Å². The van der Waals surface area contributed by atoms with E-state index in [4.69, 9.17) is 13.9 Å². The molecule has 2 aliphatic heterocycles. The van der Waals surface area contributed by atoms with Crippen LogP contribution in [-0.2, 0) is 9.47 Å². The molecule has 2 aromatic rings. The Balaban J connectivity index is 1.79. The van der Waals surface area contributed by atoms with Crippen LogP contribution < -0.4 is 0 Å². The summed E-state index contributed by atoms with van der Waals surface area (Å²) < 4.78 is 16.9. The van der Waals surface area contributed by atoms with Gasteiger partial charge in [0.15, 0.2) is 0 Å². The normalized spacial score (nSPS) is 26.2. The second-order valence-electron chi connectivity index (χ2n) is 5.28. The summed E-state index contributed by atoms with van der Waals surface area (Å²) in [4.78, 5) is 0. The van der Waals surface area contributed by atoms with Crippen LogP contribution in [0.15, 0.2) is 46.5 Å². The minimum Gasteiger partial charge on any atom is -0.465 e. The van der Waals surface area contributed by atoms with E-state index in [-0.39, 0.29) is 6.10 Å². The molecule has 0 spiro atoms. The lowest BCUT2D eigenvalue weighted by molar-refractivity contribution is 0.0121. The van der Waals surface area contributed by atoms with Crippen molar-refractivity contribution in [2.45, 2.75) is 31.8 Å². The monoisotopic (exact) mass is 256 g/mol. The molecule has 1 aromatic heterocycles. The maximum atomic E-state index is 5.86. The summed E-state index contributed by atoms with van der Waals surface area (Å²) in [5, 5.41) is 1.15. The third kappa shape index (κ3) is 1.65. The highest BCUT2D eigenvalue weighted by molar-refractivity contribution is 5.78. The molecule has 0 aliphatic carbocycles. The summed E-state index contributed by atoms with van der Waals surface area (Å²) >= 11 is 0. The molecule has 0 N–H and O–H groups in total. The van der Waals surface area contributed by atoms with Gasteiger partial charge in [-0.3, -0.25) is 0 Å². The predicted octanol–water partition coefficient (Wildman–Crippen LogP) is 3.96. The maximum Gasteiger partial charge on any atom is 0.279 e. The molecule has 3 heterocycles. The van der Waals surface area contributed by atoms with Gasteiger partial charge in [0.2, 0.25) is 0 Å². The van der Waals surface area contributed by atoms with Gasteiger partial charge in [-0.1, -0.05) is 6.07 Å². The van der Waals surface area contributed by atoms with Crippen LogP contribution >= 0.6 is 0 Å². The molecule has 1 aromatic carbocycles. The number of hydrogen-bond acceptors (Lipinski definition) is 3. The van der Waals surface area contributed by atoms with Crippen LogP contribution in [0.5, 0.6) is 0 Å². The van der Waals surface area contributed by atoms with E-state index in [1.165, 1.54) is 11.1 Å². The first-order chi connectivity index (χ1) is 9.33. The van der Waals surface area contributed by atoms with Gasteiger partial charge in [0.25, 0.3) is 5.95 Å². The molecule has 2 atom stereocenters. The minimum atomic E-state index is 0.146. The van der Waals surface area contributed by atoms with Gasteiger partial charge in [-0.2, -0.15) is 0 Å². The third-order valence-corrected chi connectivity index (χ3v) is 4.06. The van der Waals surface area contributed by atoms with Crippen LogP contribution in [-0.4, -0.2) is 12.7 Å². The number of rotatable bonds is 1. The largest absolute Gasteiger partial charge is 0.465 e. The van der Waals surface area contributed by atoms with E-state index >= 15 is 0 Å². The van der Waals surface area contributed by atoms with E-state index in [0.29, 0.717) is 5.92 Å². The molecular weight excluding hydrogens is 240 g/mol. The zero-order valence-electron chi connectivity index (χ0n) is 10.9. The van der Waals surface area contributed by atoms with Crippen LogP contribution in [0, 0.1) is 0 Å². The zero-order chi connectivity index (χ0) is 12.8. The summed E-state index contributed by atoms with van der Waals surface area (Å²) in [7, 11) is 0. The highest BCUT2D eigenvalue weighted by Crippen LogP contribution is 2.43. The molecule has 19 heavy (non-hydrogen) atoms. The van der Waals surface area contributed by atoms with Crippen LogP contribution in [0.3, 0.4) is 0 Å². The molecule has 0 bridgehead atoms. The van der Waals surface area contributed by atoms with Crippen LogP contribution in [0.25, 0.3) is 11.0 Å². The number of furan rings is 1. The van der Waals surface area contributed by atoms with Gasteiger partial charge in [-0.15, -0.1) is 0 Å². The van der Waals surface area contributed by atoms with E-state index < -0.39 is 0 Å². The molecular formula is C16H16O3. The summed E-state index contributed by atoms with van der Waals surface area (Å²) in [6, 6.07) is 8.39. The van der Waals surface area contributed by atoms with E-state index in [0.717, 1.165) is 36.4 Å². The Morgan fingerprint density at radius 2 is 2.16 bits per heavy atom. The Bertz CT molecular complexity index is 653. The minimum absolute atomic E-state index is 0.146. The first kappa shape index (κ1) is 11.0. The van der Waals surface area contributed by atoms with Crippen molar-refractivity contribution in [3.05, 3.63) is 47.6 Å². The van der Waals surface area contributed by atoms with Crippen LogP contribution in [0.1, 0.15) is 31.2 Å². The van der Waals surface area contributed by atoms with Crippen molar-refractivity contribution in [2.24, 2.45) is 0 Å². The molecule has 4 rings (SSSR count). The van der Waals surface area contributed by atoms with Crippen molar-refractivity contribution in [3.8, 4) is 0 Å². The summed E-state index contributed by atoms with van der Waals surface area (Å²) in [6.45, 7) is 2.89. The molecule has 2 aliphatic rings. The summed E-state index contributed by atoms with van der Waals surface area (Å²) in [5.41, 5.74) is 3.54. The van der Waals surface area contributed by atoms with E-state index in [1.54, 1.807) is 6.26 Å². The lowest BCUT2D eigenvalue weighted by Crippen LogP contribution is -2.13. The van der Waals surface area contributed by atoms with Gasteiger partial charge >= 0.3 is 0 Å². The van der Waals surface area contributed by atoms with Crippen molar-refractivity contribution in [2.75, 3.05) is 6.61 Å². The number of hydrogen-bond donors (Lipinski definition) is 0. The lowest BCUT2D eigenvalue weighted by Gasteiger charge is -2.18. The Morgan fingerprint density at radius 3 is 3.11 bits per heavy atom. The smallest absolute Gasteiger partial charge is 0.279 e. The molecule has 0 fully saturated rings. The topological polar surface area (TPSA) is 31.6 Å². The maximum absolute atomic E-state index is 5.86. The molecule has 0 amide bonds. The Hall–Kier alpha value is -1.90. The Morgan fingerprint density at radius 1 is 1.21 bits per heavy atom. The van der Waals surface area contributed by atoms with Gasteiger partial charge < -0.3 is 13.9 Å². The standard InChI is InChI=1S/C16H16O3/c1-10-15(13-3-2-7-18-16(13)19-10)12-4-5-14-11(9-12)6-8-17-14/h4-6,8-10,15H,2-3,7H2,1H3. The van der Waals surface area contributed by atoms with Crippen molar-refractivity contribution in [1.29, 1.82) is 0 Å². The lowest BCUT2D eigenvalue weighted by atomic mass is 9.86. The van der Waals surface area contributed by atoms with Gasteiger partial charge in [0.1, 0.15) is 11.7 Å². The van der Waals surface area contributed by atoms with Crippen molar-refractivity contribution in [1.82, 2.24) is 0 Å². The fraction of sp³-hybridized carbons (Fsp3) is 0.375. The van der Waals surface area contributed by atoms with Crippen LogP contribution in [0.2, 0.25) is 0 Å². The number of benzene rings is 1. The molecule has 0 radical (unpaired) electrons. The molecule has 3 nitrogen and oxygen atoms in total. The highest BCUT2D eigenvalue weighted by Gasteiger charge is 2.37. The fourth-order valence-electron chi connectivity index (χ4n) is 3.19. The van der Waals surface area contributed by atoms with E-state index in [2.05, 4.69) is 19.1 Å². The zero-order valence-corrected chi connectivity index (χ0v) is 10.9. The van der Waals surface area contributed by atoms with E-state index in [9.17, 15) is 0 Å². The SMILES string of the molecule is CC1OC2=C(CCCO2)C1c1ccc2occc2c1. The second kappa shape index (κ2) is 4.05. The average Bonchev–Trinajstić information content (AvgIpc) is 3.00. The third-order valence-electron chi connectivity index (χ3n) is 4.06. The Kier molecular flexibility index (Phi) is 2.34. The van der Waals surface area contributed by atoms with Gasteiger partial charge in [-0.05, 0) is 43.5 Å². The molecule has 3 heteroatoms. The molecule has 0 saturated heterocycles. The highest BCUT2D eigenvalue weighted by atomic mass is 16.7. The van der Waals surface area contributed by atoms with Crippen molar-refractivity contribution < 1.29 is 13.9 Å². The van der Waals surface area contributed by atoms with E-state index in [1.807, 2.05) is 12.1 Å². The molecule has 2 unspecified atom stereocenters. The van der Waals surface area contributed by atoms with Crippen molar-refractivity contribution >= 4 is 11.0 Å². The first-order valence-electron chi connectivity index (χ1n) is 6.82.